The second kappa shape index (κ2) is 8.13. The average Bonchev–Trinajstić information content (AvgIpc) is 2.45. The number of hydrogen-bond acceptors (Lipinski definition) is 3. The minimum Gasteiger partial charge on any atom is -0.313 e. The van der Waals surface area contributed by atoms with Gasteiger partial charge >= 0.3 is 0 Å². The van der Waals surface area contributed by atoms with E-state index in [2.05, 4.69) is 5.32 Å². The first-order chi connectivity index (χ1) is 9.84. The summed E-state index contributed by atoms with van der Waals surface area (Å²) in [7, 11) is -1.95. The molecule has 1 atom stereocenters. The summed E-state index contributed by atoms with van der Waals surface area (Å²) in [5.74, 6) is 0. The van der Waals surface area contributed by atoms with Crippen molar-refractivity contribution >= 4 is 21.6 Å². The van der Waals surface area contributed by atoms with Gasteiger partial charge in [-0.05, 0) is 37.6 Å². The fourth-order valence-corrected chi connectivity index (χ4v) is 4.03. The quantitative estimate of drug-likeness (QED) is 0.795. The van der Waals surface area contributed by atoms with E-state index in [1.54, 1.807) is 19.2 Å². The Balaban J connectivity index is 3.12. The van der Waals surface area contributed by atoms with Gasteiger partial charge in [-0.3, -0.25) is 0 Å². The molecule has 0 saturated heterocycles. The van der Waals surface area contributed by atoms with Crippen molar-refractivity contribution in [2.45, 2.75) is 51.1 Å². The highest BCUT2D eigenvalue weighted by atomic mass is 35.5. The van der Waals surface area contributed by atoms with Crippen LogP contribution in [0.3, 0.4) is 0 Å². The van der Waals surface area contributed by atoms with Crippen molar-refractivity contribution in [1.29, 1.82) is 0 Å². The van der Waals surface area contributed by atoms with E-state index in [1.807, 2.05) is 26.8 Å². The Morgan fingerprint density at radius 1 is 1.33 bits per heavy atom. The van der Waals surface area contributed by atoms with Crippen LogP contribution in [0, 0.1) is 0 Å². The lowest BCUT2D eigenvalue weighted by atomic mass is 10.2. The monoisotopic (exact) mass is 332 g/mol. The Kier molecular flexibility index (Phi) is 7.13. The molecule has 6 heteroatoms. The molecule has 0 bridgehead atoms. The van der Waals surface area contributed by atoms with Gasteiger partial charge in [-0.2, -0.15) is 4.31 Å². The predicted octanol–water partition coefficient (Wildman–Crippen LogP) is 3.26. The molecular formula is C15H25ClN2O2S. The highest BCUT2D eigenvalue weighted by molar-refractivity contribution is 7.89. The number of halogens is 1. The predicted molar refractivity (Wildman–Crippen MR) is 88.2 cm³/mol. The second-order valence-electron chi connectivity index (χ2n) is 5.20. The molecule has 1 N–H and O–H groups in total. The van der Waals surface area contributed by atoms with Gasteiger partial charge in [0.1, 0.15) is 4.90 Å². The summed E-state index contributed by atoms with van der Waals surface area (Å²) in [6.45, 7) is 7.43. The highest BCUT2D eigenvalue weighted by Crippen LogP contribution is 2.27. The zero-order valence-electron chi connectivity index (χ0n) is 13.2. The van der Waals surface area contributed by atoms with Crippen molar-refractivity contribution in [1.82, 2.24) is 9.62 Å². The van der Waals surface area contributed by atoms with Crippen molar-refractivity contribution in [3.63, 3.8) is 0 Å². The van der Waals surface area contributed by atoms with Crippen LogP contribution in [0.1, 0.15) is 39.2 Å². The van der Waals surface area contributed by atoms with E-state index in [4.69, 9.17) is 11.6 Å². The number of nitrogens with zero attached hydrogens (tertiary/aromatic N) is 1. The second-order valence-corrected chi connectivity index (χ2v) is 7.58. The molecule has 1 rings (SSSR count). The van der Waals surface area contributed by atoms with Gasteiger partial charge in [0.05, 0.1) is 5.02 Å². The Morgan fingerprint density at radius 2 is 2.00 bits per heavy atom. The van der Waals surface area contributed by atoms with Gasteiger partial charge in [-0.25, -0.2) is 8.42 Å². The fourth-order valence-electron chi connectivity index (χ4n) is 2.12. The van der Waals surface area contributed by atoms with Gasteiger partial charge in [-0.1, -0.05) is 37.9 Å². The van der Waals surface area contributed by atoms with Crippen LogP contribution >= 0.6 is 11.6 Å². The zero-order valence-corrected chi connectivity index (χ0v) is 14.8. The van der Waals surface area contributed by atoms with E-state index in [-0.39, 0.29) is 16.0 Å². The summed E-state index contributed by atoms with van der Waals surface area (Å²) in [4.78, 5) is 0.185. The van der Waals surface area contributed by atoms with E-state index >= 15 is 0 Å². The average molecular weight is 333 g/mol. The number of nitrogens with one attached hydrogen (secondary N) is 1. The normalized spacial score (nSPS) is 13.6. The van der Waals surface area contributed by atoms with Crippen LogP contribution in [-0.2, 0) is 16.6 Å². The number of rotatable bonds is 8. The molecule has 21 heavy (non-hydrogen) atoms. The molecular weight excluding hydrogens is 308 g/mol. The topological polar surface area (TPSA) is 49.4 Å². The van der Waals surface area contributed by atoms with Crippen LogP contribution in [0.2, 0.25) is 5.02 Å². The molecule has 1 aromatic rings. The fraction of sp³-hybridized carbons (Fsp3) is 0.600. The van der Waals surface area contributed by atoms with Crippen molar-refractivity contribution < 1.29 is 8.42 Å². The van der Waals surface area contributed by atoms with E-state index in [0.717, 1.165) is 24.9 Å². The minimum atomic E-state index is -3.57. The van der Waals surface area contributed by atoms with Gasteiger partial charge in [0.25, 0.3) is 0 Å². The van der Waals surface area contributed by atoms with Gasteiger partial charge in [0.15, 0.2) is 0 Å². The number of benzene rings is 1. The van der Waals surface area contributed by atoms with Gasteiger partial charge in [0, 0.05) is 19.6 Å². The smallest absolute Gasteiger partial charge is 0.244 e. The maximum absolute atomic E-state index is 12.7. The van der Waals surface area contributed by atoms with Crippen molar-refractivity contribution in [3.8, 4) is 0 Å². The zero-order chi connectivity index (χ0) is 16.0. The Morgan fingerprint density at radius 3 is 2.57 bits per heavy atom. The van der Waals surface area contributed by atoms with E-state index in [1.165, 1.54) is 4.31 Å². The highest BCUT2D eigenvalue weighted by Gasteiger charge is 2.27. The first-order valence-electron chi connectivity index (χ1n) is 7.31. The van der Waals surface area contributed by atoms with Gasteiger partial charge in [0.2, 0.25) is 10.0 Å². The van der Waals surface area contributed by atoms with E-state index in [9.17, 15) is 8.42 Å². The van der Waals surface area contributed by atoms with Gasteiger partial charge < -0.3 is 5.32 Å². The molecule has 0 amide bonds. The van der Waals surface area contributed by atoms with Crippen LogP contribution in [0.4, 0.5) is 0 Å². The number of hydrogen-bond donors (Lipinski definition) is 1. The van der Waals surface area contributed by atoms with Crippen molar-refractivity contribution in [3.05, 3.63) is 28.8 Å². The largest absolute Gasteiger partial charge is 0.313 e. The third kappa shape index (κ3) is 4.68. The molecule has 0 aliphatic carbocycles. The van der Waals surface area contributed by atoms with Crippen molar-refractivity contribution in [2.75, 3.05) is 13.6 Å². The molecule has 120 valence electrons. The number of sulfonamides is 1. The molecule has 4 nitrogen and oxygen atoms in total. The summed E-state index contributed by atoms with van der Waals surface area (Å²) in [5, 5.41) is 3.45. The molecule has 0 aliphatic heterocycles. The summed E-state index contributed by atoms with van der Waals surface area (Å²) < 4.78 is 26.8. The third-order valence-electron chi connectivity index (χ3n) is 3.56. The lowest BCUT2D eigenvalue weighted by molar-refractivity contribution is 0.368. The van der Waals surface area contributed by atoms with Crippen LogP contribution in [0.5, 0.6) is 0 Å². The lowest BCUT2D eigenvalue weighted by Gasteiger charge is -2.24. The molecule has 0 aliphatic rings. The summed E-state index contributed by atoms with van der Waals surface area (Å²) in [6, 6.07) is 5.11. The maximum atomic E-state index is 12.7. The SMILES string of the molecule is CCCC(C)N(C)S(=O)(=O)c1cc(CNCC)ccc1Cl. The molecule has 0 aromatic heterocycles. The lowest BCUT2D eigenvalue weighted by Crippen LogP contribution is -2.35. The van der Waals surface area contributed by atoms with Crippen LogP contribution in [0.25, 0.3) is 0 Å². The van der Waals surface area contributed by atoms with Crippen LogP contribution < -0.4 is 5.32 Å². The first-order valence-corrected chi connectivity index (χ1v) is 9.13. The molecule has 0 heterocycles. The Bertz CT molecular complexity index is 561. The Hall–Kier alpha value is -0.620. The molecule has 0 spiro atoms. The van der Waals surface area contributed by atoms with Gasteiger partial charge in [-0.15, -0.1) is 0 Å². The van der Waals surface area contributed by atoms with Crippen LogP contribution in [-0.4, -0.2) is 32.4 Å². The maximum Gasteiger partial charge on any atom is 0.244 e. The molecule has 0 saturated carbocycles. The van der Waals surface area contributed by atoms with Crippen LogP contribution in [0.15, 0.2) is 23.1 Å². The molecule has 0 radical (unpaired) electrons. The van der Waals surface area contributed by atoms with E-state index in [0.29, 0.717) is 6.54 Å². The van der Waals surface area contributed by atoms with E-state index < -0.39 is 10.0 Å². The summed E-state index contributed by atoms with van der Waals surface area (Å²) in [5.41, 5.74) is 0.913. The first kappa shape index (κ1) is 18.4. The molecule has 1 unspecified atom stereocenters. The minimum absolute atomic E-state index is 0.0477. The Labute approximate surface area is 133 Å². The third-order valence-corrected chi connectivity index (χ3v) is 6.01. The molecule has 1 aromatic carbocycles. The summed E-state index contributed by atoms with van der Waals surface area (Å²) >= 11 is 6.11. The standard InChI is InChI=1S/C15H25ClN2O2S/c1-5-7-12(3)18(4)21(19,20)15-10-13(11-17-6-2)8-9-14(15)16/h8-10,12,17H,5-7,11H2,1-4H3. The summed E-state index contributed by atoms with van der Waals surface area (Å²) in [6.07, 6.45) is 1.76. The molecule has 0 fully saturated rings. The van der Waals surface area contributed by atoms with Crippen molar-refractivity contribution in [2.24, 2.45) is 0 Å².